The number of rotatable bonds is 10. The van der Waals surface area contributed by atoms with Crippen molar-refractivity contribution in [2.45, 2.75) is 0 Å². The minimum absolute atomic E-state index is 0.0168. The molecule has 0 unspecified atom stereocenters. The second-order valence-corrected chi connectivity index (χ2v) is 8.01. The number of ether oxygens (including phenoxy) is 2. The van der Waals surface area contributed by atoms with Crippen LogP contribution in [0, 0.1) is 0 Å². The van der Waals surface area contributed by atoms with Gasteiger partial charge in [-0.25, -0.2) is 4.98 Å². The normalized spacial score (nSPS) is 10.3. The van der Waals surface area contributed by atoms with Crippen molar-refractivity contribution in [1.29, 1.82) is 0 Å². The van der Waals surface area contributed by atoms with Gasteiger partial charge in [0, 0.05) is 43.7 Å². The van der Waals surface area contributed by atoms with Crippen LogP contribution in [0.3, 0.4) is 0 Å². The van der Waals surface area contributed by atoms with E-state index in [1.54, 1.807) is 92.7 Å². The Kier molecular flexibility index (Phi) is 8.69. The van der Waals surface area contributed by atoms with Crippen LogP contribution >= 0.6 is 11.6 Å². The molecule has 0 radical (unpaired) electrons. The highest BCUT2D eigenvalue weighted by molar-refractivity contribution is 6.29. The zero-order valence-corrected chi connectivity index (χ0v) is 20.7. The summed E-state index contributed by atoms with van der Waals surface area (Å²) in [5.41, 5.74) is 1.23. The average molecular weight is 499 g/mol. The van der Waals surface area contributed by atoms with E-state index >= 15 is 0 Å². The first-order valence-electron chi connectivity index (χ1n) is 10.6. The van der Waals surface area contributed by atoms with Crippen LogP contribution in [-0.2, 0) is 9.59 Å². The lowest BCUT2D eigenvalue weighted by Crippen LogP contribution is -2.33. The van der Waals surface area contributed by atoms with Crippen molar-refractivity contribution in [2.75, 3.05) is 61.8 Å². The lowest BCUT2D eigenvalue weighted by molar-refractivity contribution is -0.115. The smallest absolute Gasteiger partial charge is 0.243 e. The number of amides is 2. The number of nitrogens with one attached hydrogen (secondary N) is 2. The van der Waals surface area contributed by atoms with Gasteiger partial charge in [0.25, 0.3) is 0 Å². The number of carbonyl (C=O) groups excluding carboxylic acids is 2. The third-order valence-corrected chi connectivity index (χ3v) is 5.06. The van der Waals surface area contributed by atoms with Gasteiger partial charge in [0.1, 0.15) is 22.5 Å². The van der Waals surface area contributed by atoms with Gasteiger partial charge in [-0.15, -0.1) is 0 Å². The van der Waals surface area contributed by atoms with Gasteiger partial charge in [-0.3, -0.25) is 9.59 Å². The summed E-state index contributed by atoms with van der Waals surface area (Å²) in [4.78, 5) is 36.9. The molecule has 2 amide bonds. The highest BCUT2D eigenvalue weighted by atomic mass is 35.5. The summed E-state index contributed by atoms with van der Waals surface area (Å²) in [5.74, 6) is 1.44. The van der Waals surface area contributed by atoms with E-state index in [2.05, 4.69) is 20.6 Å². The largest absolute Gasteiger partial charge is 0.497 e. The molecule has 2 aromatic carbocycles. The van der Waals surface area contributed by atoms with E-state index in [-0.39, 0.29) is 36.0 Å². The Bertz CT molecular complexity index is 1100. The zero-order chi connectivity index (χ0) is 25.4. The Morgan fingerprint density at radius 3 is 1.86 bits per heavy atom. The number of methoxy groups -OCH3 is 2. The van der Waals surface area contributed by atoms with Crippen LogP contribution in [0.2, 0.25) is 5.15 Å². The summed E-state index contributed by atoms with van der Waals surface area (Å²) in [6.07, 6.45) is 0. The molecule has 0 aliphatic rings. The predicted molar refractivity (Wildman–Crippen MR) is 137 cm³/mol. The van der Waals surface area contributed by atoms with Crippen molar-refractivity contribution < 1.29 is 19.1 Å². The summed E-state index contributed by atoms with van der Waals surface area (Å²) < 4.78 is 10.3. The Morgan fingerprint density at radius 1 is 0.829 bits per heavy atom. The van der Waals surface area contributed by atoms with Gasteiger partial charge in [-0.05, 0) is 24.3 Å². The molecule has 1 heterocycles. The Hall–Kier alpha value is -4.05. The summed E-state index contributed by atoms with van der Waals surface area (Å²) in [5, 5.41) is 5.81. The van der Waals surface area contributed by atoms with Gasteiger partial charge in [0.2, 0.25) is 17.8 Å². The number of hydrogen-bond donors (Lipinski definition) is 2. The van der Waals surface area contributed by atoms with E-state index in [4.69, 9.17) is 21.1 Å². The fourth-order valence-electron chi connectivity index (χ4n) is 3.15. The van der Waals surface area contributed by atoms with E-state index in [9.17, 15) is 9.59 Å². The quantitative estimate of drug-likeness (QED) is 0.410. The number of likely N-dealkylation sites (N-methyl/N-ethyl adjacent to an activating group) is 2. The number of carbonyl (C=O) groups is 2. The number of aromatic nitrogens is 2. The molecule has 2 N–H and O–H groups in total. The lowest BCUT2D eigenvalue weighted by Gasteiger charge is -2.21. The Balaban J connectivity index is 1.63. The number of hydrogen-bond acceptors (Lipinski definition) is 8. The highest BCUT2D eigenvalue weighted by Gasteiger charge is 2.16. The van der Waals surface area contributed by atoms with E-state index < -0.39 is 0 Å². The molecule has 0 fully saturated rings. The van der Waals surface area contributed by atoms with Crippen LogP contribution in [-0.4, -0.2) is 63.2 Å². The van der Waals surface area contributed by atoms with Crippen molar-refractivity contribution in [1.82, 2.24) is 9.97 Å². The predicted octanol–water partition coefficient (Wildman–Crippen LogP) is 3.30. The number of nitrogens with zero attached hydrogens (tertiary/aromatic N) is 4. The first kappa shape index (κ1) is 25.6. The second kappa shape index (κ2) is 11.9. The van der Waals surface area contributed by atoms with E-state index in [0.717, 1.165) is 0 Å². The van der Waals surface area contributed by atoms with Crippen molar-refractivity contribution in [3.63, 3.8) is 0 Å². The molecular weight excluding hydrogens is 472 g/mol. The molecule has 0 aliphatic heterocycles. The molecule has 35 heavy (non-hydrogen) atoms. The maximum Gasteiger partial charge on any atom is 0.243 e. The topological polar surface area (TPSA) is 109 Å². The van der Waals surface area contributed by atoms with Crippen molar-refractivity contribution >= 4 is 46.6 Å². The van der Waals surface area contributed by atoms with Gasteiger partial charge < -0.3 is 29.9 Å². The molecule has 184 valence electrons. The Morgan fingerprint density at radius 2 is 1.34 bits per heavy atom. The zero-order valence-electron chi connectivity index (χ0n) is 19.9. The first-order valence-corrected chi connectivity index (χ1v) is 11.0. The molecule has 0 spiro atoms. The maximum absolute atomic E-state index is 12.5. The highest BCUT2D eigenvalue weighted by Crippen LogP contribution is 2.21. The summed E-state index contributed by atoms with van der Waals surface area (Å²) >= 11 is 6.20. The van der Waals surface area contributed by atoms with E-state index in [1.807, 2.05) is 0 Å². The maximum atomic E-state index is 12.5. The van der Waals surface area contributed by atoms with Crippen molar-refractivity contribution in [3.05, 3.63) is 59.8 Å². The molecule has 1 aromatic heterocycles. The van der Waals surface area contributed by atoms with E-state index in [1.165, 1.54) is 0 Å². The lowest BCUT2D eigenvalue weighted by atomic mass is 10.3. The van der Waals surface area contributed by atoms with E-state index in [0.29, 0.717) is 28.7 Å². The summed E-state index contributed by atoms with van der Waals surface area (Å²) in [7, 11) is 6.51. The fourth-order valence-corrected chi connectivity index (χ4v) is 3.32. The average Bonchev–Trinajstić information content (AvgIpc) is 2.83. The van der Waals surface area contributed by atoms with Crippen LogP contribution in [0.1, 0.15) is 0 Å². The summed E-state index contributed by atoms with van der Waals surface area (Å²) in [6, 6.07) is 15.7. The third kappa shape index (κ3) is 7.47. The van der Waals surface area contributed by atoms with Crippen molar-refractivity contribution in [2.24, 2.45) is 0 Å². The Labute approximate surface area is 208 Å². The van der Waals surface area contributed by atoms with Gasteiger partial charge >= 0.3 is 0 Å². The number of halogens is 1. The van der Waals surface area contributed by atoms with Crippen LogP contribution in [0.4, 0.5) is 23.1 Å². The van der Waals surface area contributed by atoms with Gasteiger partial charge in [-0.1, -0.05) is 23.7 Å². The molecule has 0 saturated heterocycles. The summed E-state index contributed by atoms with van der Waals surface area (Å²) in [6.45, 7) is 0.00106. The standard InChI is InChI=1S/C24H27ClN6O4/c1-30(14-22(32)26-16-7-5-9-18(11-16)34-3)21-13-20(25)28-24(29-21)31(2)15-23(33)27-17-8-6-10-19(12-17)35-4/h5-13H,14-15H2,1-4H3,(H,26,32)(H,27,33). The number of anilines is 4. The van der Waals surface area contributed by atoms with Gasteiger partial charge in [0.15, 0.2) is 0 Å². The minimum atomic E-state index is -0.267. The molecule has 10 nitrogen and oxygen atoms in total. The minimum Gasteiger partial charge on any atom is -0.497 e. The molecule has 0 saturated carbocycles. The molecular formula is C24H27ClN6O4. The monoisotopic (exact) mass is 498 g/mol. The van der Waals surface area contributed by atoms with Crippen LogP contribution < -0.4 is 29.9 Å². The fraction of sp³-hybridized carbons (Fsp3) is 0.250. The molecule has 0 bridgehead atoms. The second-order valence-electron chi connectivity index (χ2n) is 7.62. The molecule has 11 heteroatoms. The molecule has 3 aromatic rings. The van der Waals surface area contributed by atoms with Gasteiger partial charge in [0.05, 0.1) is 27.3 Å². The molecule has 0 aliphatic carbocycles. The van der Waals surface area contributed by atoms with Crippen molar-refractivity contribution in [3.8, 4) is 11.5 Å². The van der Waals surface area contributed by atoms with Crippen LogP contribution in [0.15, 0.2) is 54.6 Å². The molecule has 0 atom stereocenters. The van der Waals surface area contributed by atoms with Crippen LogP contribution in [0.5, 0.6) is 11.5 Å². The molecule has 3 rings (SSSR count). The first-order chi connectivity index (χ1) is 16.8. The third-order valence-electron chi connectivity index (χ3n) is 4.87. The van der Waals surface area contributed by atoms with Crippen LogP contribution in [0.25, 0.3) is 0 Å². The van der Waals surface area contributed by atoms with Gasteiger partial charge in [-0.2, -0.15) is 4.98 Å². The number of benzene rings is 2. The SMILES string of the molecule is COc1cccc(NC(=O)CN(C)c2cc(Cl)nc(N(C)CC(=O)Nc3cccc(OC)c3)n2)c1.